The number of hydrogen-bond donors (Lipinski definition) is 0. The summed E-state index contributed by atoms with van der Waals surface area (Å²) in [5.41, 5.74) is 1.31. The quantitative estimate of drug-likeness (QED) is 0.409. The second kappa shape index (κ2) is 8.71. The molecule has 0 unspecified atom stereocenters. The molecule has 0 aliphatic carbocycles. The minimum atomic E-state index is -0.577. The molecule has 0 fully saturated rings. The molecule has 0 saturated heterocycles. The van der Waals surface area contributed by atoms with Crippen molar-refractivity contribution in [2.75, 3.05) is 7.11 Å². The standard InChI is InChI=1S/C21H18ClNO5/c1-3-6-19(24)27-17-10-9-13(12-18(17)26-2)11-16-21(25)28-20(23-16)14-7-4-5-8-15(14)22/h4-5,7-12H,3,6H2,1-2H3/b16-11-. The summed E-state index contributed by atoms with van der Waals surface area (Å²) in [5, 5.41) is 0.440. The fourth-order valence-electron chi connectivity index (χ4n) is 2.55. The average molecular weight is 400 g/mol. The van der Waals surface area contributed by atoms with Crippen LogP contribution in [0.15, 0.2) is 53.2 Å². The molecule has 3 rings (SSSR count). The second-order valence-corrected chi connectivity index (χ2v) is 6.36. The van der Waals surface area contributed by atoms with Gasteiger partial charge in [-0.05, 0) is 42.3 Å². The highest BCUT2D eigenvalue weighted by Gasteiger charge is 2.25. The van der Waals surface area contributed by atoms with Crippen LogP contribution in [0.4, 0.5) is 0 Å². The Morgan fingerprint density at radius 1 is 1.21 bits per heavy atom. The minimum absolute atomic E-state index is 0.132. The number of ether oxygens (including phenoxy) is 3. The highest BCUT2D eigenvalue weighted by Crippen LogP contribution is 2.30. The van der Waals surface area contributed by atoms with Crippen LogP contribution in [-0.2, 0) is 14.3 Å². The molecule has 144 valence electrons. The molecule has 1 aliphatic rings. The van der Waals surface area contributed by atoms with E-state index in [1.54, 1.807) is 48.5 Å². The van der Waals surface area contributed by atoms with Crippen molar-refractivity contribution in [3.05, 3.63) is 64.3 Å². The van der Waals surface area contributed by atoms with Crippen molar-refractivity contribution in [1.82, 2.24) is 0 Å². The van der Waals surface area contributed by atoms with Crippen LogP contribution >= 0.6 is 11.6 Å². The second-order valence-electron chi connectivity index (χ2n) is 5.95. The van der Waals surface area contributed by atoms with Gasteiger partial charge in [0.1, 0.15) is 0 Å². The van der Waals surface area contributed by atoms with Crippen molar-refractivity contribution in [2.24, 2.45) is 4.99 Å². The van der Waals surface area contributed by atoms with Gasteiger partial charge in [0.25, 0.3) is 0 Å². The SMILES string of the molecule is CCCC(=O)Oc1ccc(/C=C2\N=C(c3ccccc3Cl)OC2=O)cc1OC. The van der Waals surface area contributed by atoms with Crippen molar-refractivity contribution >= 4 is 35.5 Å². The van der Waals surface area contributed by atoms with Gasteiger partial charge in [0.2, 0.25) is 5.90 Å². The number of hydrogen-bond acceptors (Lipinski definition) is 6. The molecule has 1 aliphatic heterocycles. The van der Waals surface area contributed by atoms with E-state index in [-0.39, 0.29) is 17.6 Å². The van der Waals surface area contributed by atoms with Crippen LogP contribution in [0.1, 0.15) is 30.9 Å². The van der Waals surface area contributed by atoms with Gasteiger partial charge in [0.15, 0.2) is 17.2 Å². The van der Waals surface area contributed by atoms with E-state index in [0.29, 0.717) is 40.5 Å². The molecule has 1 heterocycles. The summed E-state index contributed by atoms with van der Waals surface area (Å²) in [4.78, 5) is 28.1. The van der Waals surface area contributed by atoms with E-state index in [9.17, 15) is 9.59 Å². The van der Waals surface area contributed by atoms with Gasteiger partial charge in [-0.15, -0.1) is 0 Å². The fourth-order valence-corrected chi connectivity index (χ4v) is 2.77. The number of aliphatic imine (C=N–C) groups is 1. The number of benzene rings is 2. The molecule has 7 heteroatoms. The number of rotatable bonds is 6. The lowest BCUT2D eigenvalue weighted by atomic mass is 10.1. The Morgan fingerprint density at radius 2 is 2.00 bits per heavy atom. The molecule has 0 radical (unpaired) electrons. The summed E-state index contributed by atoms with van der Waals surface area (Å²) in [6.45, 7) is 1.89. The van der Waals surface area contributed by atoms with Gasteiger partial charge in [0, 0.05) is 6.42 Å². The molecule has 0 spiro atoms. The van der Waals surface area contributed by atoms with Crippen LogP contribution < -0.4 is 9.47 Å². The first-order valence-electron chi connectivity index (χ1n) is 8.68. The Kier molecular flexibility index (Phi) is 6.11. The molecule has 28 heavy (non-hydrogen) atoms. The third-order valence-electron chi connectivity index (χ3n) is 3.89. The zero-order valence-electron chi connectivity index (χ0n) is 15.4. The van der Waals surface area contributed by atoms with E-state index in [2.05, 4.69) is 4.99 Å². The molecule has 0 atom stereocenters. The number of methoxy groups -OCH3 is 1. The summed E-state index contributed by atoms with van der Waals surface area (Å²) >= 11 is 6.13. The van der Waals surface area contributed by atoms with Gasteiger partial charge in [-0.2, -0.15) is 0 Å². The largest absolute Gasteiger partial charge is 0.493 e. The van der Waals surface area contributed by atoms with Crippen molar-refractivity contribution in [3.63, 3.8) is 0 Å². The molecule has 2 aromatic carbocycles. The summed E-state index contributed by atoms with van der Waals surface area (Å²) in [7, 11) is 1.47. The lowest BCUT2D eigenvalue weighted by Gasteiger charge is -2.09. The van der Waals surface area contributed by atoms with E-state index in [4.69, 9.17) is 25.8 Å². The Balaban J connectivity index is 1.87. The molecular formula is C21H18ClNO5. The Labute approximate surface area is 167 Å². The first-order valence-corrected chi connectivity index (χ1v) is 9.05. The number of esters is 2. The van der Waals surface area contributed by atoms with Gasteiger partial charge in [-0.25, -0.2) is 9.79 Å². The third-order valence-corrected chi connectivity index (χ3v) is 4.22. The highest BCUT2D eigenvalue weighted by molar-refractivity contribution is 6.34. The molecule has 0 bridgehead atoms. The van der Waals surface area contributed by atoms with Crippen LogP contribution in [0, 0.1) is 0 Å². The Morgan fingerprint density at radius 3 is 2.71 bits per heavy atom. The predicted molar refractivity (Wildman–Crippen MR) is 106 cm³/mol. The highest BCUT2D eigenvalue weighted by atomic mass is 35.5. The lowest BCUT2D eigenvalue weighted by molar-refractivity contribution is -0.134. The maximum atomic E-state index is 12.2. The van der Waals surface area contributed by atoms with E-state index in [0.717, 1.165) is 0 Å². The molecule has 0 N–H and O–H groups in total. The maximum absolute atomic E-state index is 12.2. The monoisotopic (exact) mass is 399 g/mol. The smallest absolute Gasteiger partial charge is 0.363 e. The molecule has 0 aromatic heterocycles. The topological polar surface area (TPSA) is 74.2 Å². The summed E-state index contributed by atoms with van der Waals surface area (Å²) in [5.74, 6) is -0.0654. The van der Waals surface area contributed by atoms with Crippen molar-refractivity contribution in [2.45, 2.75) is 19.8 Å². The first-order chi connectivity index (χ1) is 13.5. The molecule has 0 saturated carbocycles. The summed E-state index contributed by atoms with van der Waals surface area (Å²) in [6.07, 6.45) is 2.58. The fraction of sp³-hybridized carbons (Fsp3) is 0.190. The van der Waals surface area contributed by atoms with E-state index < -0.39 is 5.97 Å². The van der Waals surface area contributed by atoms with E-state index in [1.807, 2.05) is 6.92 Å². The van der Waals surface area contributed by atoms with E-state index >= 15 is 0 Å². The molecule has 6 nitrogen and oxygen atoms in total. The zero-order chi connectivity index (χ0) is 20.1. The van der Waals surface area contributed by atoms with E-state index in [1.165, 1.54) is 7.11 Å². The maximum Gasteiger partial charge on any atom is 0.363 e. The van der Waals surface area contributed by atoms with Crippen LogP contribution in [-0.4, -0.2) is 24.9 Å². The van der Waals surface area contributed by atoms with Crippen molar-refractivity contribution < 1.29 is 23.8 Å². The zero-order valence-corrected chi connectivity index (χ0v) is 16.2. The van der Waals surface area contributed by atoms with Crippen LogP contribution in [0.3, 0.4) is 0 Å². The minimum Gasteiger partial charge on any atom is -0.493 e. The number of nitrogens with zero attached hydrogens (tertiary/aromatic N) is 1. The molecular weight excluding hydrogens is 382 g/mol. The number of cyclic esters (lactones) is 1. The van der Waals surface area contributed by atoms with Crippen molar-refractivity contribution in [3.8, 4) is 11.5 Å². The Bertz CT molecular complexity index is 981. The third kappa shape index (κ3) is 4.40. The number of carbonyl (C=O) groups excluding carboxylic acids is 2. The summed E-state index contributed by atoms with van der Waals surface area (Å²) in [6, 6.07) is 11.9. The average Bonchev–Trinajstić information content (AvgIpc) is 3.03. The van der Waals surface area contributed by atoms with Crippen molar-refractivity contribution in [1.29, 1.82) is 0 Å². The van der Waals surface area contributed by atoms with Crippen LogP contribution in [0.2, 0.25) is 5.02 Å². The van der Waals surface area contributed by atoms with Crippen LogP contribution in [0.25, 0.3) is 6.08 Å². The molecule has 0 amide bonds. The van der Waals surface area contributed by atoms with Gasteiger partial charge >= 0.3 is 11.9 Å². The molecule has 2 aromatic rings. The number of carbonyl (C=O) groups is 2. The lowest BCUT2D eigenvalue weighted by Crippen LogP contribution is -2.08. The van der Waals surface area contributed by atoms with Crippen LogP contribution in [0.5, 0.6) is 11.5 Å². The Hall–Kier alpha value is -3.12. The number of halogens is 1. The van der Waals surface area contributed by atoms with Gasteiger partial charge in [-0.3, -0.25) is 4.79 Å². The van der Waals surface area contributed by atoms with Gasteiger partial charge in [-0.1, -0.05) is 36.7 Å². The van der Waals surface area contributed by atoms with Gasteiger partial charge < -0.3 is 14.2 Å². The predicted octanol–water partition coefficient (Wildman–Crippen LogP) is 4.40. The van der Waals surface area contributed by atoms with Gasteiger partial charge in [0.05, 0.1) is 17.7 Å². The normalized spacial score (nSPS) is 14.6. The first kappa shape index (κ1) is 19.6. The summed E-state index contributed by atoms with van der Waals surface area (Å²) < 4.78 is 15.8.